The van der Waals surface area contributed by atoms with Crippen molar-refractivity contribution in [2.75, 3.05) is 5.32 Å². The molecule has 138 valence electrons. The van der Waals surface area contributed by atoms with Crippen molar-refractivity contribution in [3.8, 4) is 21.8 Å². The summed E-state index contributed by atoms with van der Waals surface area (Å²) < 4.78 is 13.8. The highest BCUT2D eigenvalue weighted by Crippen LogP contribution is 2.30. The summed E-state index contributed by atoms with van der Waals surface area (Å²) in [7, 11) is 0. The third kappa shape index (κ3) is 3.96. The van der Waals surface area contributed by atoms with E-state index in [1.165, 1.54) is 23.5 Å². The molecule has 4 rings (SSSR count). The van der Waals surface area contributed by atoms with Crippen LogP contribution in [-0.4, -0.2) is 10.9 Å². The number of hydrogen-bond acceptors (Lipinski definition) is 3. The molecular weight excluding hydrogens is 395 g/mol. The highest BCUT2D eigenvalue weighted by Gasteiger charge is 2.12. The third-order valence-corrected chi connectivity index (χ3v) is 5.27. The van der Waals surface area contributed by atoms with Crippen molar-refractivity contribution in [2.45, 2.75) is 0 Å². The van der Waals surface area contributed by atoms with E-state index in [0.29, 0.717) is 10.7 Å². The van der Waals surface area contributed by atoms with E-state index in [9.17, 15) is 9.18 Å². The monoisotopic (exact) mass is 408 g/mol. The summed E-state index contributed by atoms with van der Waals surface area (Å²) in [5.41, 5.74) is 3.24. The first-order valence-corrected chi connectivity index (χ1v) is 9.74. The zero-order valence-electron chi connectivity index (χ0n) is 14.5. The molecule has 0 spiro atoms. The number of aromatic nitrogens is 1. The van der Waals surface area contributed by atoms with E-state index in [1.807, 2.05) is 47.8 Å². The van der Waals surface area contributed by atoms with Crippen LogP contribution in [0.1, 0.15) is 10.4 Å². The van der Waals surface area contributed by atoms with Gasteiger partial charge in [-0.05, 0) is 36.4 Å². The highest BCUT2D eigenvalue weighted by atomic mass is 35.5. The summed E-state index contributed by atoms with van der Waals surface area (Å²) in [5, 5.41) is 6.26. The number of rotatable bonds is 4. The van der Waals surface area contributed by atoms with Crippen molar-refractivity contribution in [1.29, 1.82) is 0 Å². The topological polar surface area (TPSA) is 42.0 Å². The Morgan fingerprint density at radius 2 is 1.75 bits per heavy atom. The van der Waals surface area contributed by atoms with Gasteiger partial charge in [0.15, 0.2) is 0 Å². The number of benzene rings is 3. The van der Waals surface area contributed by atoms with Gasteiger partial charge in [-0.2, -0.15) is 0 Å². The fraction of sp³-hybridized carbons (Fsp3) is 0. The summed E-state index contributed by atoms with van der Waals surface area (Å²) in [5.74, 6) is -1.04. The predicted octanol–water partition coefficient (Wildman–Crippen LogP) is 6.52. The number of hydrogen-bond donors (Lipinski definition) is 1. The number of carbonyl (C=O) groups excluding carboxylic acids is 1. The van der Waals surface area contributed by atoms with Crippen molar-refractivity contribution in [3.05, 3.63) is 94.6 Å². The van der Waals surface area contributed by atoms with E-state index in [-0.39, 0.29) is 5.56 Å². The van der Waals surface area contributed by atoms with Gasteiger partial charge < -0.3 is 5.32 Å². The minimum Gasteiger partial charge on any atom is -0.322 e. The molecule has 0 radical (unpaired) electrons. The molecule has 0 unspecified atom stereocenters. The predicted molar refractivity (Wildman–Crippen MR) is 112 cm³/mol. The summed E-state index contributed by atoms with van der Waals surface area (Å²) in [4.78, 5) is 17.0. The van der Waals surface area contributed by atoms with E-state index in [4.69, 9.17) is 11.6 Å². The third-order valence-electron chi connectivity index (χ3n) is 4.13. The number of halogens is 2. The molecular formula is C22H14ClFN2OS. The standard InChI is InChI=1S/C22H14ClFN2OS/c23-16-10-8-14(9-11-16)22-26-20(13-28-22)15-4-3-5-17(12-15)25-21(27)18-6-1-2-7-19(18)24/h1-13H,(H,25,27). The average Bonchev–Trinajstić information content (AvgIpc) is 3.19. The number of anilines is 1. The molecule has 0 bridgehead atoms. The van der Waals surface area contributed by atoms with Gasteiger partial charge in [-0.15, -0.1) is 11.3 Å². The molecule has 1 N–H and O–H groups in total. The van der Waals surface area contributed by atoms with Crippen LogP contribution >= 0.6 is 22.9 Å². The minimum absolute atomic E-state index is 0.00610. The molecule has 28 heavy (non-hydrogen) atoms. The van der Waals surface area contributed by atoms with Gasteiger partial charge >= 0.3 is 0 Å². The first-order valence-electron chi connectivity index (χ1n) is 8.48. The van der Waals surface area contributed by atoms with E-state index < -0.39 is 11.7 Å². The normalized spacial score (nSPS) is 10.6. The van der Waals surface area contributed by atoms with Crippen molar-refractivity contribution >= 4 is 34.5 Å². The second-order valence-corrected chi connectivity index (χ2v) is 7.35. The number of amides is 1. The Balaban J connectivity index is 1.57. The van der Waals surface area contributed by atoms with Crippen molar-refractivity contribution in [3.63, 3.8) is 0 Å². The van der Waals surface area contributed by atoms with Crippen LogP contribution in [0, 0.1) is 5.82 Å². The van der Waals surface area contributed by atoms with Crippen molar-refractivity contribution < 1.29 is 9.18 Å². The summed E-state index contributed by atoms with van der Waals surface area (Å²) in [6, 6.07) is 20.7. The summed E-state index contributed by atoms with van der Waals surface area (Å²) >= 11 is 7.47. The zero-order valence-corrected chi connectivity index (χ0v) is 16.1. The Kier molecular flexibility index (Phi) is 5.19. The van der Waals surface area contributed by atoms with Crippen LogP contribution in [0.3, 0.4) is 0 Å². The Morgan fingerprint density at radius 1 is 0.964 bits per heavy atom. The molecule has 4 aromatic rings. The Bertz CT molecular complexity index is 1140. The molecule has 0 saturated carbocycles. The van der Waals surface area contributed by atoms with Gasteiger partial charge in [0.25, 0.3) is 5.91 Å². The minimum atomic E-state index is -0.553. The molecule has 0 fully saturated rings. The van der Waals surface area contributed by atoms with Crippen LogP contribution in [0.2, 0.25) is 5.02 Å². The lowest BCUT2D eigenvalue weighted by Crippen LogP contribution is -2.13. The van der Waals surface area contributed by atoms with Crippen LogP contribution in [0.15, 0.2) is 78.2 Å². The molecule has 6 heteroatoms. The maximum absolute atomic E-state index is 13.8. The molecule has 1 amide bonds. The first kappa shape index (κ1) is 18.3. The number of carbonyl (C=O) groups is 1. The fourth-order valence-corrected chi connectivity index (χ4v) is 3.69. The number of nitrogens with zero attached hydrogens (tertiary/aromatic N) is 1. The van der Waals surface area contributed by atoms with Crippen molar-refractivity contribution in [1.82, 2.24) is 4.98 Å². The lowest BCUT2D eigenvalue weighted by Gasteiger charge is -2.07. The molecule has 0 aliphatic heterocycles. The molecule has 1 heterocycles. The van der Waals surface area contributed by atoms with E-state index in [0.717, 1.165) is 21.8 Å². The van der Waals surface area contributed by atoms with Gasteiger partial charge in [0.2, 0.25) is 0 Å². The van der Waals surface area contributed by atoms with E-state index in [2.05, 4.69) is 10.3 Å². The van der Waals surface area contributed by atoms with Crippen LogP contribution < -0.4 is 5.32 Å². The van der Waals surface area contributed by atoms with Gasteiger partial charge in [-0.25, -0.2) is 9.37 Å². The number of thiazole rings is 1. The molecule has 3 aromatic carbocycles. The number of nitrogens with one attached hydrogen (secondary N) is 1. The smallest absolute Gasteiger partial charge is 0.258 e. The Hall–Kier alpha value is -3.02. The summed E-state index contributed by atoms with van der Waals surface area (Å²) in [6.07, 6.45) is 0. The zero-order chi connectivity index (χ0) is 19.5. The lowest BCUT2D eigenvalue weighted by molar-refractivity contribution is 0.102. The molecule has 0 atom stereocenters. The van der Waals surface area contributed by atoms with Crippen molar-refractivity contribution in [2.24, 2.45) is 0 Å². The Labute approximate surface area is 170 Å². The van der Waals surface area contributed by atoms with Crippen LogP contribution in [0.5, 0.6) is 0 Å². The van der Waals surface area contributed by atoms with E-state index in [1.54, 1.807) is 18.2 Å². The van der Waals surface area contributed by atoms with Crippen LogP contribution in [-0.2, 0) is 0 Å². The quantitative estimate of drug-likeness (QED) is 0.417. The van der Waals surface area contributed by atoms with Gasteiger partial charge in [-0.3, -0.25) is 4.79 Å². The van der Waals surface area contributed by atoms with Gasteiger partial charge in [0.1, 0.15) is 10.8 Å². The maximum atomic E-state index is 13.8. The fourth-order valence-electron chi connectivity index (χ4n) is 2.73. The van der Waals surface area contributed by atoms with Gasteiger partial charge in [0, 0.05) is 27.2 Å². The van der Waals surface area contributed by atoms with Gasteiger partial charge in [-0.1, -0.05) is 48.0 Å². The largest absolute Gasteiger partial charge is 0.322 e. The lowest BCUT2D eigenvalue weighted by atomic mass is 10.1. The van der Waals surface area contributed by atoms with Crippen LogP contribution in [0.4, 0.5) is 10.1 Å². The molecule has 3 nitrogen and oxygen atoms in total. The maximum Gasteiger partial charge on any atom is 0.258 e. The molecule has 1 aromatic heterocycles. The molecule has 0 aliphatic rings. The molecule has 0 saturated heterocycles. The second kappa shape index (κ2) is 7.92. The van der Waals surface area contributed by atoms with Gasteiger partial charge in [0.05, 0.1) is 11.3 Å². The van der Waals surface area contributed by atoms with E-state index >= 15 is 0 Å². The molecule has 0 aliphatic carbocycles. The SMILES string of the molecule is O=C(Nc1cccc(-c2csc(-c3ccc(Cl)cc3)n2)c1)c1ccccc1F. The second-order valence-electron chi connectivity index (χ2n) is 6.06. The first-order chi connectivity index (χ1) is 13.6. The highest BCUT2D eigenvalue weighted by molar-refractivity contribution is 7.13. The summed E-state index contributed by atoms with van der Waals surface area (Å²) in [6.45, 7) is 0. The average molecular weight is 409 g/mol. The Morgan fingerprint density at radius 3 is 2.54 bits per heavy atom. The van der Waals surface area contributed by atoms with Crippen LogP contribution in [0.25, 0.3) is 21.8 Å².